The molecule has 0 saturated heterocycles. The predicted molar refractivity (Wildman–Crippen MR) is 79.2 cm³/mol. The van der Waals surface area contributed by atoms with Gasteiger partial charge in [0.05, 0.1) is 0 Å². The van der Waals surface area contributed by atoms with Crippen molar-refractivity contribution in [2.45, 2.75) is 43.5 Å². The molecule has 1 N–H and O–H groups in total. The average Bonchev–Trinajstić information content (AvgIpc) is 2.35. The first-order chi connectivity index (χ1) is 8.26. The third-order valence-corrected chi connectivity index (χ3v) is 4.26. The second-order valence-electron chi connectivity index (χ2n) is 4.25. The highest BCUT2D eigenvalue weighted by atomic mass is 35.5. The quantitative estimate of drug-likeness (QED) is 0.548. The zero-order chi connectivity index (χ0) is 12.5. The van der Waals surface area contributed by atoms with Crippen LogP contribution in [0.5, 0.6) is 0 Å². The van der Waals surface area contributed by atoms with Crippen molar-refractivity contribution in [2.75, 3.05) is 12.8 Å². The minimum absolute atomic E-state index is 0.613. The van der Waals surface area contributed by atoms with Crippen molar-refractivity contribution in [3.05, 3.63) is 29.3 Å². The molecular formula is C14H22ClNS. The Labute approximate surface area is 114 Å². The van der Waals surface area contributed by atoms with E-state index in [1.165, 1.54) is 30.6 Å². The summed E-state index contributed by atoms with van der Waals surface area (Å²) in [7, 11) is 2.05. The highest BCUT2D eigenvalue weighted by Gasteiger charge is 2.06. The van der Waals surface area contributed by atoms with Crippen LogP contribution in [0.25, 0.3) is 0 Å². The van der Waals surface area contributed by atoms with E-state index < -0.39 is 0 Å². The molecule has 1 aromatic rings. The van der Waals surface area contributed by atoms with Crippen LogP contribution in [-0.4, -0.2) is 18.8 Å². The second kappa shape index (κ2) is 8.84. The number of thioether (sulfide) groups is 1. The Balaban J connectivity index is 2.29. The normalized spacial score (nSPS) is 12.6. The summed E-state index contributed by atoms with van der Waals surface area (Å²) in [6.45, 7) is 2.25. The first-order valence-electron chi connectivity index (χ1n) is 6.32. The van der Waals surface area contributed by atoms with E-state index >= 15 is 0 Å². The molecule has 17 heavy (non-hydrogen) atoms. The van der Waals surface area contributed by atoms with Crippen molar-refractivity contribution >= 4 is 23.4 Å². The van der Waals surface area contributed by atoms with Crippen LogP contribution in [0.1, 0.15) is 32.6 Å². The Morgan fingerprint density at radius 2 is 1.94 bits per heavy atom. The molecule has 0 heterocycles. The molecule has 0 spiro atoms. The van der Waals surface area contributed by atoms with Gasteiger partial charge in [0.15, 0.2) is 0 Å². The third kappa shape index (κ3) is 6.35. The Morgan fingerprint density at radius 3 is 2.53 bits per heavy atom. The van der Waals surface area contributed by atoms with Gasteiger partial charge in [-0.25, -0.2) is 0 Å². The molecule has 3 heteroatoms. The van der Waals surface area contributed by atoms with Gasteiger partial charge in [-0.05, 0) is 37.7 Å². The van der Waals surface area contributed by atoms with Crippen LogP contribution in [0, 0.1) is 0 Å². The van der Waals surface area contributed by atoms with Gasteiger partial charge in [0, 0.05) is 21.7 Å². The summed E-state index contributed by atoms with van der Waals surface area (Å²) >= 11 is 7.76. The number of hydrogen-bond acceptors (Lipinski definition) is 2. The van der Waals surface area contributed by atoms with Crippen molar-refractivity contribution < 1.29 is 0 Å². The van der Waals surface area contributed by atoms with E-state index in [9.17, 15) is 0 Å². The lowest BCUT2D eigenvalue weighted by Gasteiger charge is -2.15. The molecule has 0 aliphatic heterocycles. The Hall–Kier alpha value is -0.180. The summed E-state index contributed by atoms with van der Waals surface area (Å²) in [4.78, 5) is 1.30. The molecule has 96 valence electrons. The molecule has 1 unspecified atom stereocenters. The molecule has 1 nitrogen and oxygen atoms in total. The zero-order valence-corrected chi connectivity index (χ0v) is 12.3. The number of unbranched alkanes of at least 4 members (excludes halogenated alkanes) is 2. The smallest absolute Gasteiger partial charge is 0.0406 e. The number of hydrogen-bond donors (Lipinski definition) is 1. The van der Waals surface area contributed by atoms with E-state index in [1.54, 1.807) is 0 Å². The van der Waals surface area contributed by atoms with Crippen molar-refractivity contribution in [1.82, 2.24) is 5.32 Å². The van der Waals surface area contributed by atoms with Crippen LogP contribution in [-0.2, 0) is 0 Å². The van der Waals surface area contributed by atoms with Crippen LogP contribution in [0.2, 0.25) is 5.02 Å². The van der Waals surface area contributed by atoms with E-state index in [0.29, 0.717) is 6.04 Å². The standard InChI is InChI=1S/C14H22ClNS/c1-3-4-5-6-13(16-2)11-17-14-9-7-12(15)8-10-14/h7-10,13,16H,3-6,11H2,1-2H3. The topological polar surface area (TPSA) is 12.0 Å². The molecule has 1 aromatic carbocycles. The summed E-state index contributed by atoms with van der Waals surface area (Å²) in [5.74, 6) is 1.13. The lowest BCUT2D eigenvalue weighted by atomic mass is 10.1. The summed E-state index contributed by atoms with van der Waals surface area (Å²) in [5, 5.41) is 4.20. The van der Waals surface area contributed by atoms with Gasteiger partial charge >= 0.3 is 0 Å². The summed E-state index contributed by atoms with van der Waals surface area (Å²) in [5.41, 5.74) is 0. The zero-order valence-electron chi connectivity index (χ0n) is 10.7. The van der Waals surface area contributed by atoms with E-state index in [2.05, 4.69) is 31.4 Å². The van der Waals surface area contributed by atoms with Gasteiger partial charge < -0.3 is 5.32 Å². The van der Waals surface area contributed by atoms with Crippen LogP contribution >= 0.6 is 23.4 Å². The molecule has 1 rings (SSSR count). The molecule has 0 fully saturated rings. The largest absolute Gasteiger partial charge is 0.316 e. The molecule has 0 aromatic heterocycles. The van der Waals surface area contributed by atoms with Crippen LogP contribution in [0.4, 0.5) is 0 Å². The van der Waals surface area contributed by atoms with Gasteiger partial charge in [-0.3, -0.25) is 0 Å². The molecule has 1 atom stereocenters. The lowest BCUT2D eigenvalue weighted by molar-refractivity contribution is 0.531. The summed E-state index contributed by atoms with van der Waals surface area (Å²) in [6.07, 6.45) is 5.22. The molecule has 0 aliphatic rings. The van der Waals surface area contributed by atoms with E-state index in [-0.39, 0.29) is 0 Å². The van der Waals surface area contributed by atoms with Gasteiger partial charge in [0.25, 0.3) is 0 Å². The summed E-state index contributed by atoms with van der Waals surface area (Å²) < 4.78 is 0. The lowest BCUT2D eigenvalue weighted by Crippen LogP contribution is -2.27. The molecule has 0 aliphatic carbocycles. The highest BCUT2D eigenvalue weighted by Crippen LogP contribution is 2.22. The maximum Gasteiger partial charge on any atom is 0.0406 e. The van der Waals surface area contributed by atoms with Gasteiger partial charge in [-0.1, -0.05) is 37.8 Å². The predicted octanol–water partition coefficient (Wildman–Crippen LogP) is 4.60. The van der Waals surface area contributed by atoms with E-state index in [1.807, 2.05) is 23.9 Å². The van der Waals surface area contributed by atoms with Gasteiger partial charge in [-0.15, -0.1) is 11.8 Å². The first kappa shape index (κ1) is 14.9. The average molecular weight is 272 g/mol. The fraction of sp³-hybridized carbons (Fsp3) is 0.571. The van der Waals surface area contributed by atoms with Crippen molar-refractivity contribution in [2.24, 2.45) is 0 Å². The van der Waals surface area contributed by atoms with Crippen molar-refractivity contribution in [1.29, 1.82) is 0 Å². The van der Waals surface area contributed by atoms with Gasteiger partial charge in [-0.2, -0.15) is 0 Å². The fourth-order valence-corrected chi connectivity index (χ4v) is 2.86. The van der Waals surface area contributed by atoms with Gasteiger partial charge in [0.1, 0.15) is 0 Å². The number of rotatable bonds is 8. The summed E-state index contributed by atoms with van der Waals surface area (Å²) in [6, 6.07) is 8.70. The van der Waals surface area contributed by atoms with Crippen LogP contribution in [0.15, 0.2) is 29.2 Å². The minimum atomic E-state index is 0.613. The minimum Gasteiger partial charge on any atom is -0.316 e. The van der Waals surface area contributed by atoms with Gasteiger partial charge in [0.2, 0.25) is 0 Å². The Morgan fingerprint density at radius 1 is 1.24 bits per heavy atom. The Bertz CT molecular complexity index is 300. The number of halogens is 1. The monoisotopic (exact) mass is 271 g/mol. The highest BCUT2D eigenvalue weighted by molar-refractivity contribution is 7.99. The fourth-order valence-electron chi connectivity index (χ4n) is 1.68. The molecule has 0 saturated carbocycles. The Kier molecular flexibility index (Phi) is 7.74. The third-order valence-electron chi connectivity index (χ3n) is 2.83. The maximum absolute atomic E-state index is 5.86. The van der Waals surface area contributed by atoms with Crippen molar-refractivity contribution in [3.8, 4) is 0 Å². The van der Waals surface area contributed by atoms with Crippen molar-refractivity contribution in [3.63, 3.8) is 0 Å². The van der Waals surface area contributed by atoms with E-state index in [4.69, 9.17) is 11.6 Å². The SMILES string of the molecule is CCCCCC(CSc1ccc(Cl)cc1)NC. The first-order valence-corrected chi connectivity index (χ1v) is 7.68. The maximum atomic E-state index is 5.86. The molecular weight excluding hydrogens is 250 g/mol. The second-order valence-corrected chi connectivity index (χ2v) is 5.78. The molecule has 0 amide bonds. The van der Waals surface area contributed by atoms with Crippen LogP contribution < -0.4 is 5.32 Å². The molecule has 0 bridgehead atoms. The molecule has 0 radical (unpaired) electrons. The van der Waals surface area contributed by atoms with Crippen LogP contribution in [0.3, 0.4) is 0 Å². The number of benzene rings is 1. The van der Waals surface area contributed by atoms with E-state index in [0.717, 1.165) is 10.8 Å². The number of nitrogens with one attached hydrogen (secondary N) is 1.